The molecule has 1 aromatic heterocycles. The van der Waals surface area contributed by atoms with Gasteiger partial charge in [-0.2, -0.15) is 0 Å². The molecule has 0 N–H and O–H groups in total. The molecule has 2 heterocycles. The van der Waals surface area contributed by atoms with Gasteiger partial charge in [0.05, 0.1) is 22.5 Å². The number of fused-ring (bicyclic) bond motifs is 1. The fraction of sp³-hybridized carbons (Fsp3) is 0.333. The number of carbonyl (C=O) groups excluding carboxylic acids is 1. The molecule has 0 spiro atoms. The average Bonchev–Trinajstić information content (AvgIpc) is 3.21. The number of rotatable bonds is 6. The van der Waals surface area contributed by atoms with Crippen LogP contribution in [0.5, 0.6) is 5.75 Å². The van der Waals surface area contributed by atoms with E-state index in [0.29, 0.717) is 37.4 Å². The number of methoxy groups -OCH3 is 1. The second-order valence-electron chi connectivity index (χ2n) is 7.20. The normalized spacial score (nSPS) is 14.8. The molecule has 4 rings (SSSR count). The maximum absolute atomic E-state index is 12.6. The molecule has 0 aliphatic carbocycles. The van der Waals surface area contributed by atoms with Crippen LogP contribution in [0.15, 0.2) is 52.3 Å². The molecule has 0 radical (unpaired) electrons. The minimum Gasteiger partial charge on any atom is -0.497 e. The van der Waals surface area contributed by atoms with Crippen molar-refractivity contribution in [3.8, 4) is 5.75 Å². The number of benzene rings is 2. The van der Waals surface area contributed by atoms with Crippen LogP contribution in [0.1, 0.15) is 0 Å². The Morgan fingerprint density at radius 3 is 2.48 bits per heavy atom. The van der Waals surface area contributed by atoms with Crippen LogP contribution in [0.2, 0.25) is 0 Å². The molecular weight excluding hydrogens is 454 g/mol. The van der Waals surface area contributed by atoms with Crippen molar-refractivity contribution in [2.24, 2.45) is 0 Å². The molecule has 0 atom stereocenters. The molecule has 1 fully saturated rings. The predicted octanol–water partition coefficient (Wildman–Crippen LogP) is 3.15. The molecule has 1 aliphatic rings. The predicted molar refractivity (Wildman–Crippen MR) is 125 cm³/mol. The van der Waals surface area contributed by atoms with E-state index in [1.54, 1.807) is 19.2 Å². The first-order valence-corrected chi connectivity index (χ1v) is 13.4. The van der Waals surface area contributed by atoms with Gasteiger partial charge in [-0.3, -0.25) is 4.79 Å². The highest BCUT2D eigenvalue weighted by atomic mass is 32.2. The number of amides is 1. The Bertz CT molecular complexity index is 1180. The molecule has 2 aromatic carbocycles. The maximum Gasteiger partial charge on any atom is 0.233 e. The number of anilines is 1. The van der Waals surface area contributed by atoms with E-state index >= 15 is 0 Å². The Morgan fingerprint density at radius 1 is 1.13 bits per heavy atom. The molecule has 0 saturated carbocycles. The number of thiazole rings is 1. The highest BCUT2D eigenvalue weighted by Crippen LogP contribution is 2.33. The Labute approximate surface area is 189 Å². The van der Waals surface area contributed by atoms with Crippen molar-refractivity contribution in [1.82, 2.24) is 9.88 Å². The average molecular weight is 478 g/mol. The quantitative estimate of drug-likeness (QED) is 0.505. The van der Waals surface area contributed by atoms with Gasteiger partial charge in [0.2, 0.25) is 5.91 Å². The number of ether oxygens (including phenoxy) is 1. The van der Waals surface area contributed by atoms with Crippen molar-refractivity contribution in [2.75, 3.05) is 50.2 Å². The van der Waals surface area contributed by atoms with Gasteiger partial charge in [-0.1, -0.05) is 17.4 Å². The third kappa shape index (κ3) is 4.97. The van der Waals surface area contributed by atoms with Gasteiger partial charge in [-0.25, -0.2) is 13.4 Å². The van der Waals surface area contributed by atoms with Gasteiger partial charge in [0.1, 0.15) is 11.3 Å². The lowest BCUT2D eigenvalue weighted by molar-refractivity contribution is -0.128. The lowest BCUT2D eigenvalue weighted by Crippen LogP contribution is -2.49. The molecule has 0 bridgehead atoms. The maximum atomic E-state index is 12.6. The van der Waals surface area contributed by atoms with Crippen molar-refractivity contribution in [3.63, 3.8) is 0 Å². The van der Waals surface area contributed by atoms with Crippen molar-refractivity contribution < 1.29 is 17.9 Å². The minimum atomic E-state index is -3.34. The van der Waals surface area contributed by atoms with E-state index in [0.717, 1.165) is 20.5 Å². The van der Waals surface area contributed by atoms with Crippen LogP contribution in [0.3, 0.4) is 0 Å². The Hall–Kier alpha value is -2.30. The van der Waals surface area contributed by atoms with Crippen LogP contribution < -0.4 is 9.64 Å². The SMILES string of the molecule is COc1ccc(SCC(=O)N2CCN(c3nc4c(S(C)(=O)=O)cccc4s3)CC2)cc1. The molecule has 1 aliphatic heterocycles. The van der Waals surface area contributed by atoms with Crippen LogP contribution in [0.4, 0.5) is 5.13 Å². The van der Waals surface area contributed by atoms with Gasteiger partial charge in [0.25, 0.3) is 0 Å². The summed E-state index contributed by atoms with van der Waals surface area (Å²) < 4.78 is 30.1. The second-order valence-corrected chi connectivity index (χ2v) is 11.2. The van der Waals surface area contributed by atoms with Gasteiger partial charge in [0, 0.05) is 37.3 Å². The van der Waals surface area contributed by atoms with E-state index in [1.165, 1.54) is 29.4 Å². The summed E-state index contributed by atoms with van der Waals surface area (Å²) in [5.41, 5.74) is 0.527. The van der Waals surface area contributed by atoms with Crippen LogP contribution in [0, 0.1) is 0 Å². The smallest absolute Gasteiger partial charge is 0.233 e. The molecule has 31 heavy (non-hydrogen) atoms. The van der Waals surface area contributed by atoms with Crippen LogP contribution in [-0.4, -0.2) is 69.5 Å². The summed E-state index contributed by atoms with van der Waals surface area (Å²) in [6.07, 6.45) is 1.20. The zero-order valence-electron chi connectivity index (χ0n) is 17.3. The highest BCUT2D eigenvalue weighted by molar-refractivity contribution is 8.00. The molecule has 164 valence electrons. The van der Waals surface area contributed by atoms with Crippen LogP contribution in [0.25, 0.3) is 10.2 Å². The van der Waals surface area contributed by atoms with E-state index in [9.17, 15) is 13.2 Å². The number of nitrogens with zero attached hydrogens (tertiary/aromatic N) is 3. The van der Waals surface area contributed by atoms with Crippen molar-refractivity contribution in [3.05, 3.63) is 42.5 Å². The van der Waals surface area contributed by atoms with Crippen molar-refractivity contribution in [2.45, 2.75) is 9.79 Å². The molecule has 10 heteroatoms. The number of aromatic nitrogens is 1. The topological polar surface area (TPSA) is 79.8 Å². The second kappa shape index (κ2) is 9.05. The first kappa shape index (κ1) is 21.9. The number of sulfone groups is 1. The van der Waals surface area contributed by atoms with E-state index < -0.39 is 9.84 Å². The van der Waals surface area contributed by atoms with Crippen LogP contribution in [-0.2, 0) is 14.6 Å². The molecule has 1 saturated heterocycles. The van der Waals surface area contributed by atoms with Gasteiger partial charge in [0.15, 0.2) is 15.0 Å². The van der Waals surface area contributed by atoms with Gasteiger partial charge in [-0.05, 0) is 36.4 Å². The first-order chi connectivity index (χ1) is 14.8. The zero-order chi connectivity index (χ0) is 22.0. The number of thioether (sulfide) groups is 1. The lowest BCUT2D eigenvalue weighted by Gasteiger charge is -2.34. The summed E-state index contributed by atoms with van der Waals surface area (Å²) in [5, 5.41) is 0.797. The number of hydrogen-bond donors (Lipinski definition) is 0. The monoisotopic (exact) mass is 477 g/mol. The molecule has 1 amide bonds. The number of carbonyl (C=O) groups is 1. The van der Waals surface area contributed by atoms with E-state index in [2.05, 4.69) is 9.88 Å². The summed E-state index contributed by atoms with van der Waals surface area (Å²) in [5.74, 6) is 1.31. The van der Waals surface area contributed by atoms with Gasteiger partial charge < -0.3 is 14.5 Å². The highest BCUT2D eigenvalue weighted by Gasteiger charge is 2.24. The van der Waals surface area contributed by atoms with E-state index in [4.69, 9.17) is 4.74 Å². The summed E-state index contributed by atoms with van der Waals surface area (Å²) >= 11 is 3.00. The fourth-order valence-electron chi connectivity index (χ4n) is 3.40. The molecule has 3 aromatic rings. The van der Waals surface area contributed by atoms with Gasteiger partial charge in [-0.15, -0.1) is 11.8 Å². The molecular formula is C21H23N3O4S3. The Balaban J connectivity index is 1.36. The van der Waals surface area contributed by atoms with Crippen molar-refractivity contribution >= 4 is 54.2 Å². The number of piperazine rings is 1. The van der Waals surface area contributed by atoms with E-state index in [1.807, 2.05) is 35.2 Å². The summed E-state index contributed by atoms with van der Waals surface area (Å²) in [6, 6.07) is 12.9. The zero-order valence-corrected chi connectivity index (χ0v) is 19.7. The summed E-state index contributed by atoms with van der Waals surface area (Å²) in [7, 11) is -1.71. The molecule has 7 nitrogen and oxygen atoms in total. The number of para-hydroxylation sites is 1. The first-order valence-electron chi connectivity index (χ1n) is 9.74. The summed E-state index contributed by atoms with van der Waals surface area (Å²) in [4.78, 5) is 22.5. The fourth-order valence-corrected chi connectivity index (χ4v) is 6.14. The lowest BCUT2D eigenvalue weighted by atomic mass is 10.3. The van der Waals surface area contributed by atoms with Gasteiger partial charge >= 0.3 is 0 Å². The third-order valence-corrected chi connectivity index (χ3v) is 8.30. The van der Waals surface area contributed by atoms with E-state index in [-0.39, 0.29) is 10.8 Å². The number of hydrogen-bond acceptors (Lipinski definition) is 8. The largest absolute Gasteiger partial charge is 0.497 e. The third-order valence-electron chi connectivity index (χ3n) is 5.09. The Kier molecular flexibility index (Phi) is 6.40. The standard InChI is InChI=1S/C21H23N3O4S3/c1-28-15-6-8-16(9-7-15)29-14-19(25)23-10-12-24(13-11-23)21-22-20-17(30-21)4-3-5-18(20)31(2,26)27/h3-9H,10-14H2,1-2H3. The Morgan fingerprint density at radius 2 is 1.84 bits per heavy atom. The minimum absolute atomic E-state index is 0.115. The molecule has 0 unspecified atom stereocenters. The summed E-state index contributed by atoms with van der Waals surface area (Å²) in [6.45, 7) is 2.59. The van der Waals surface area contributed by atoms with Crippen LogP contribution >= 0.6 is 23.1 Å². The van der Waals surface area contributed by atoms with Crippen molar-refractivity contribution in [1.29, 1.82) is 0 Å².